The maximum Gasteiger partial charge on any atom is 0.326 e. The molecule has 0 aliphatic rings. The number of ketones is 2. The Morgan fingerprint density at radius 2 is 1.22 bits per heavy atom. The van der Waals surface area contributed by atoms with Crippen molar-refractivity contribution in [1.82, 2.24) is 10.6 Å². The van der Waals surface area contributed by atoms with Gasteiger partial charge in [-0.15, -0.1) is 0 Å². The first-order valence-electron chi connectivity index (χ1n) is 15.8. The Morgan fingerprint density at radius 1 is 0.667 bits per heavy atom. The minimum Gasteiger partial charge on any atom is -0.480 e. The number of rotatable bonds is 28. The lowest BCUT2D eigenvalue weighted by molar-refractivity contribution is -0.143. The fourth-order valence-electron chi connectivity index (χ4n) is 4.45. The van der Waals surface area contributed by atoms with Gasteiger partial charge in [0, 0.05) is 43.1 Å². The van der Waals surface area contributed by atoms with Crippen LogP contribution in [0.5, 0.6) is 0 Å². The highest BCUT2D eigenvalue weighted by Crippen LogP contribution is 2.17. The van der Waals surface area contributed by atoms with Gasteiger partial charge in [0.15, 0.2) is 0 Å². The molecule has 0 aliphatic heterocycles. The van der Waals surface area contributed by atoms with E-state index in [4.69, 9.17) is 15.9 Å². The molecule has 14 heteroatoms. The van der Waals surface area contributed by atoms with Crippen molar-refractivity contribution in [3.8, 4) is 0 Å². The van der Waals surface area contributed by atoms with Gasteiger partial charge in [0.05, 0.1) is 5.92 Å². The number of carbonyl (C=O) groups is 7. The van der Waals surface area contributed by atoms with Crippen LogP contribution in [0.2, 0.25) is 0 Å². The Kier molecular flexibility index (Phi) is 22.6. The Hall–Kier alpha value is -3.00. The van der Waals surface area contributed by atoms with E-state index in [9.17, 15) is 38.7 Å². The summed E-state index contributed by atoms with van der Waals surface area (Å²) >= 11 is 1.02. The predicted molar refractivity (Wildman–Crippen MR) is 171 cm³/mol. The molecule has 0 aliphatic carbocycles. The van der Waals surface area contributed by atoms with Crippen LogP contribution < -0.4 is 16.4 Å². The van der Waals surface area contributed by atoms with Crippen molar-refractivity contribution >= 4 is 53.1 Å². The summed E-state index contributed by atoms with van der Waals surface area (Å²) in [4.78, 5) is 84.3. The highest BCUT2D eigenvalue weighted by atomic mass is 32.2. The van der Waals surface area contributed by atoms with Crippen LogP contribution in [0.4, 0.5) is 0 Å². The average molecular weight is 660 g/mol. The van der Waals surface area contributed by atoms with Gasteiger partial charge in [0.25, 0.3) is 0 Å². The Bertz CT molecular complexity index is 977. The lowest BCUT2D eigenvalue weighted by Crippen LogP contribution is -2.44. The fourth-order valence-corrected chi connectivity index (χ4v) is 5.54. The summed E-state index contributed by atoms with van der Waals surface area (Å²) in [5, 5.41) is 32.3. The van der Waals surface area contributed by atoms with Crippen LogP contribution in [0, 0.1) is 11.8 Å². The van der Waals surface area contributed by atoms with Crippen molar-refractivity contribution < 1.29 is 48.9 Å². The quantitative estimate of drug-likeness (QED) is 0.0665. The zero-order valence-electron chi connectivity index (χ0n) is 26.9. The van der Waals surface area contributed by atoms with Gasteiger partial charge < -0.3 is 31.7 Å². The van der Waals surface area contributed by atoms with Crippen LogP contribution in [0.25, 0.3) is 0 Å². The van der Waals surface area contributed by atoms with Gasteiger partial charge in [0.2, 0.25) is 11.8 Å². The number of nitrogens with two attached hydrogens (primary N) is 1. The molecule has 0 aromatic carbocycles. The molecular weight excluding hydrogens is 606 g/mol. The summed E-state index contributed by atoms with van der Waals surface area (Å²) in [5.74, 6) is -7.59. The van der Waals surface area contributed by atoms with Crippen LogP contribution in [0.15, 0.2) is 0 Å². The number of carboxylic acid groups (broad SMARTS) is 3. The van der Waals surface area contributed by atoms with Gasteiger partial charge in [-0.1, -0.05) is 65.2 Å². The van der Waals surface area contributed by atoms with E-state index in [1.54, 1.807) is 6.92 Å². The molecule has 0 heterocycles. The third kappa shape index (κ3) is 20.6. The number of thioether (sulfide) groups is 1. The molecule has 258 valence electrons. The van der Waals surface area contributed by atoms with Crippen molar-refractivity contribution in [2.24, 2.45) is 17.6 Å². The highest BCUT2D eigenvalue weighted by Gasteiger charge is 2.28. The van der Waals surface area contributed by atoms with Gasteiger partial charge in [-0.3, -0.25) is 28.8 Å². The van der Waals surface area contributed by atoms with E-state index in [2.05, 4.69) is 17.6 Å². The molecule has 45 heavy (non-hydrogen) atoms. The van der Waals surface area contributed by atoms with E-state index >= 15 is 0 Å². The van der Waals surface area contributed by atoms with Gasteiger partial charge in [0.1, 0.15) is 29.7 Å². The molecule has 0 spiro atoms. The van der Waals surface area contributed by atoms with Crippen molar-refractivity contribution in [1.29, 1.82) is 0 Å². The van der Waals surface area contributed by atoms with E-state index in [0.717, 1.165) is 37.4 Å². The first-order chi connectivity index (χ1) is 21.2. The third-order valence-electron chi connectivity index (χ3n) is 7.37. The molecule has 0 fully saturated rings. The van der Waals surface area contributed by atoms with Crippen LogP contribution in [0.1, 0.15) is 111 Å². The van der Waals surface area contributed by atoms with Crippen LogP contribution >= 0.6 is 11.8 Å². The van der Waals surface area contributed by atoms with E-state index in [-0.39, 0.29) is 43.0 Å². The third-order valence-corrected chi connectivity index (χ3v) is 8.61. The van der Waals surface area contributed by atoms with Crippen LogP contribution in [0.3, 0.4) is 0 Å². The second-order valence-corrected chi connectivity index (χ2v) is 12.7. The van der Waals surface area contributed by atoms with E-state index in [0.29, 0.717) is 6.42 Å². The summed E-state index contributed by atoms with van der Waals surface area (Å²) < 4.78 is 0. The normalized spacial score (nSPS) is 14.4. The number of carbonyl (C=O) groups excluding carboxylic acids is 4. The highest BCUT2D eigenvalue weighted by molar-refractivity contribution is 7.99. The van der Waals surface area contributed by atoms with Gasteiger partial charge in [-0.25, -0.2) is 4.79 Å². The summed E-state index contributed by atoms with van der Waals surface area (Å²) in [6, 6.07) is -3.81. The second-order valence-electron chi connectivity index (χ2n) is 11.7. The molecular formula is C31H53N3O10S. The molecule has 0 bridgehead atoms. The van der Waals surface area contributed by atoms with Crippen molar-refractivity contribution in [2.75, 3.05) is 11.5 Å². The molecule has 2 amide bonds. The maximum atomic E-state index is 12.7. The molecule has 7 N–H and O–H groups in total. The summed E-state index contributed by atoms with van der Waals surface area (Å²) in [5.41, 5.74) is 5.48. The minimum absolute atomic E-state index is 0.0110. The van der Waals surface area contributed by atoms with E-state index < -0.39 is 65.5 Å². The fraction of sp³-hybridized carbons (Fsp3) is 0.774. The van der Waals surface area contributed by atoms with Gasteiger partial charge in [-0.05, 0) is 19.8 Å². The van der Waals surface area contributed by atoms with E-state index in [1.165, 1.54) is 39.0 Å². The molecule has 0 saturated carbocycles. The molecule has 13 nitrogen and oxygen atoms in total. The summed E-state index contributed by atoms with van der Waals surface area (Å²) in [6.45, 7) is 4.97. The number of aliphatic carboxylic acids is 3. The SMILES string of the molecule is CCCCCCCCCCCC(=O)C[C@@H](C)C(=O)N[C@H](CCC(=O)C[C@H](CSC[C@H](N)C(=O)O)C(=O)N[C@H](C)C(=O)O)C(=O)O. The number of amides is 2. The van der Waals surface area contributed by atoms with Crippen molar-refractivity contribution in [3.63, 3.8) is 0 Å². The number of hydrogen-bond donors (Lipinski definition) is 6. The average Bonchev–Trinajstić information content (AvgIpc) is 2.97. The topological polar surface area (TPSA) is 230 Å². The van der Waals surface area contributed by atoms with Gasteiger partial charge >= 0.3 is 17.9 Å². The molecule has 0 saturated heterocycles. The second kappa shape index (κ2) is 24.3. The van der Waals surface area contributed by atoms with Crippen molar-refractivity contribution in [2.45, 2.75) is 129 Å². The summed E-state index contributed by atoms with van der Waals surface area (Å²) in [7, 11) is 0. The Morgan fingerprint density at radius 3 is 1.76 bits per heavy atom. The number of Topliss-reactive ketones (excluding diaryl/α,β-unsaturated/α-hetero) is 2. The number of nitrogens with one attached hydrogen (secondary N) is 2. The maximum absolute atomic E-state index is 12.7. The number of unbranched alkanes of at least 4 members (excludes halogenated alkanes) is 8. The first kappa shape index (κ1) is 42.0. The zero-order valence-corrected chi connectivity index (χ0v) is 27.7. The molecule has 0 unspecified atom stereocenters. The minimum atomic E-state index is -1.39. The number of hydrogen-bond acceptors (Lipinski definition) is 9. The Balaban J connectivity index is 4.82. The molecule has 0 aromatic rings. The van der Waals surface area contributed by atoms with E-state index in [1.807, 2.05) is 0 Å². The predicted octanol–water partition coefficient (Wildman–Crippen LogP) is 3.16. The molecule has 0 radical (unpaired) electrons. The standard InChI is InChI=1S/C31H53N3O10S/c1-4-5-6-7-8-9-10-11-12-13-23(35)16-20(2)27(37)34-26(31(43)44)15-14-24(36)17-22(18-45-19-25(32)30(41)42)28(38)33-21(3)29(39)40/h20-22,25-26H,4-19,32H2,1-3H3,(H,33,38)(H,34,37)(H,39,40)(H,41,42)(H,43,44)/t20-,21-,22-,25+,26-/m1/s1. The summed E-state index contributed by atoms with van der Waals surface area (Å²) in [6.07, 6.45) is 9.55. The lowest BCUT2D eigenvalue weighted by Gasteiger charge is -2.20. The largest absolute Gasteiger partial charge is 0.480 e. The van der Waals surface area contributed by atoms with Crippen molar-refractivity contribution in [3.05, 3.63) is 0 Å². The monoisotopic (exact) mass is 659 g/mol. The number of carboxylic acids is 3. The molecule has 0 aromatic heterocycles. The first-order valence-corrected chi connectivity index (χ1v) is 17.0. The lowest BCUT2D eigenvalue weighted by atomic mass is 9.97. The van der Waals surface area contributed by atoms with Gasteiger partial charge in [-0.2, -0.15) is 11.8 Å². The Labute approximate surface area is 270 Å². The zero-order chi connectivity index (χ0) is 34.4. The smallest absolute Gasteiger partial charge is 0.326 e. The molecule has 5 atom stereocenters. The van der Waals surface area contributed by atoms with Crippen LogP contribution in [-0.4, -0.2) is 86.2 Å². The van der Waals surface area contributed by atoms with Crippen LogP contribution in [-0.2, 0) is 33.6 Å². The molecule has 0 rings (SSSR count).